The average Bonchev–Trinajstić information content (AvgIpc) is 3.04. The van der Waals surface area contributed by atoms with E-state index in [4.69, 9.17) is 0 Å². The molecule has 1 aliphatic rings. The minimum absolute atomic E-state index is 0.0117. The van der Waals surface area contributed by atoms with E-state index in [0.717, 1.165) is 35.3 Å². The van der Waals surface area contributed by atoms with E-state index in [9.17, 15) is 9.59 Å². The molecule has 0 spiro atoms. The number of amides is 2. The Morgan fingerprint density at radius 1 is 1.21 bits per heavy atom. The van der Waals surface area contributed by atoms with Crippen molar-refractivity contribution in [2.75, 3.05) is 32.1 Å². The standard InChI is InChI=1S/C22H30N4O2/c1-15-12-16(2)24-20(15)22(28)26-11-5-6-18(14-26)21(27)23-13-17-7-9-19(10-8-17)25(3)4/h7-10,12,18,24H,5-6,11,13-14H2,1-4H3,(H,23,27)/t18-/m1/s1. The van der Waals surface area contributed by atoms with Crippen LogP contribution in [0.1, 0.15) is 40.2 Å². The van der Waals surface area contributed by atoms with Crippen molar-refractivity contribution in [2.24, 2.45) is 5.92 Å². The fourth-order valence-electron chi connectivity index (χ4n) is 3.73. The van der Waals surface area contributed by atoms with Gasteiger partial charge in [0, 0.05) is 45.1 Å². The molecule has 1 saturated heterocycles. The number of carbonyl (C=O) groups is 2. The third-order valence-electron chi connectivity index (χ3n) is 5.36. The lowest BCUT2D eigenvalue weighted by Gasteiger charge is -2.32. The lowest BCUT2D eigenvalue weighted by Crippen LogP contribution is -2.45. The van der Waals surface area contributed by atoms with Crippen LogP contribution in [0.4, 0.5) is 5.69 Å². The molecule has 0 aliphatic carbocycles. The summed E-state index contributed by atoms with van der Waals surface area (Å²) < 4.78 is 0. The third kappa shape index (κ3) is 4.55. The Balaban J connectivity index is 1.56. The number of aromatic amines is 1. The highest BCUT2D eigenvalue weighted by Gasteiger charge is 2.29. The van der Waals surface area contributed by atoms with Crippen molar-refractivity contribution >= 4 is 17.5 Å². The van der Waals surface area contributed by atoms with Gasteiger partial charge in [0.25, 0.3) is 5.91 Å². The number of nitrogens with zero attached hydrogens (tertiary/aromatic N) is 2. The van der Waals surface area contributed by atoms with Crippen LogP contribution in [0.5, 0.6) is 0 Å². The average molecular weight is 383 g/mol. The molecule has 150 valence electrons. The molecule has 1 aromatic heterocycles. The molecule has 0 radical (unpaired) electrons. The Bertz CT molecular complexity index is 839. The first-order chi connectivity index (χ1) is 13.3. The highest BCUT2D eigenvalue weighted by Crippen LogP contribution is 2.20. The van der Waals surface area contributed by atoms with Crippen molar-refractivity contribution in [3.05, 3.63) is 52.8 Å². The number of hydrogen-bond donors (Lipinski definition) is 2. The number of hydrogen-bond acceptors (Lipinski definition) is 3. The Hall–Kier alpha value is -2.76. The highest BCUT2D eigenvalue weighted by molar-refractivity contribution is 5.94. The topological polar surface area (TPSA) is 68.4 Å². The molecule has 0 unspecified atom stereocenters. The van der Waals surface area contributed by atoms with Crippen molar-refractivity contribution in [2.45, 2.75) is 33.2 Å². The number of benzene rings is 1. The van der Waals surface area contributed by atoms with Crippen LogP contribution >= 0.6 is 0 Å². The van der Waals surface area contributed by atoms with E-state index < -0.39 is 0 Å². The molecular weight excluding hydrogens is 352 g/mol. The second kappa shape index (κ2) is 8.50. The monoisotopic (exact) mass is 382 g/mol. The molecule has 1 aromatic carbocycles. The molecule has 2 aromatic rings. The number of piperidine rings is 1. The van der Waals surface area contributed by atoms with Gasteiger partial charge in [-0.25, -0.2) is 0 Å². The van der Waals surface area contributed by atoms with Crippen LogP contribution in [-0.4, -0.2) is 48.9 Å². The maximum atomic E-state index is 12.8. The van der Waals surface area contributed by atoms with Gasteiger partial charge in [0.05, 0.1) is 5.92 Å². The number of nitrogens with one attached hydrogen (secondary N) is 2. The SMILES string of the molecule is Cc1cc(C)c(C(=O)N2CCC[C@@H](C(=O)NCc3ccc(N(C)C)cc3)C2)[nH]1. The predicted octanol–water partition coefficient (Wildman–Crippen LogP) is 2.87. The van der Waals surface area contributed by atoms with Crippen LogP contribution in [0.25, 0.3) is 0 Å². The van der Waals surface area contributed by atoms with Gasteiger partial charge in [0.15, 0.2) is 0 Å². The zero-order valence-corrected chi connectivity index (χ0v) is 17.2. The molecule has 2 heterocycles. The van der Waals surface area contributed by atoms with E-state index >= 15 is 0 Å². The Morgan fingerprint density at radius 2 is 1.93 bits per heavy atom. The summed E-state index contributed by atoms with van der Waals surface area (Å²) in [7, 11) is 4.01. The molecule has 1 aliphatic heterocycles. The number of aryl methyl sites for hydroxylation is 2. The van der Waals surface area contributed by atoms with Crippen molar-refractivity contribution < 1.29 is 9.59 Å². The fraction of sp³-hybridized carbons (Fsp3) is 0.455. The molecule has 6 nitrogen and oxygen atoms in total. The van der Waals surface area contributed by atoms with E-state index in [2.05, 4.69) is 10.3 Å². The first-order valence-corrected chi connectivity index (χ1v) is 9.84. The molecule has 0 bridgehead atoms. The summed E-state index contributed by atoms with van der Waals surface area (Å²) in [4.78, 5) is 32.5. The van der Waals surface area contributed by atoms with Crippen molar-refractivity contribution in [3.63, 3.8) is 0 Å². The molecular formula is C22H30N4O2. The first-order valence-electron chi connectivity index (χ1n) is 9.84. The van der Waals surface area contributed by atoms with E-state index in [-0.39, 0.29) is 17.7 Å². The Labute approximate surface area is 166 Å². The summed E-state index contributed by atoms with van der Waals surface area (Å²) in [5, 5.41) is 3.03. The molecule has 6 heteroatoms. The number of likely N-dealkylation sites (tertiary alicyclic amines) is 1. The van der Waals surface area contributed by atoms with Gasteiger partial charge in [-0.2, -0.15) is 0 Å². The summed E-state index contributed by atoms with van der Waals surface area (Å²) in [5.74, 6) is -0.147. The van der Waals surface area contributed by atoms with Gasteiger partial charge in [-0.05, 0) is 56.0 Å². The van der Waals surface area contributed by atoms with Crippen molar-refractivity contribution in [1.82, 2.24) is 15.2 Å². The summed E-state index contributed by atoms with van der Waals surface area (Å²) in [6, 6.07) is 10.1. The van der Waals surface area contributed by atoms with Gasteiger partial charge in [0.2, 0.25) is 5.91 Å². The smallest absolute Gasteiger partial charge is 0.270 e. The van der Waals surface area contributed by atoms with Crippen LogP contribution in [0, 0.1) is 19.8 Å². The number of aromatic nitrogens is 1. The zero-order valence-electron chi connectivity index (χ0n) is 17.2. The number of anilines is 1. The van der Waals surface area contributed by atoms with E-state index in [0.29, 0.717) is 25.3 Å². The summed E-state index contributed by atoms with van der Waals surface area (Å²) in [6.45, 7) is 5.56. The van der Waals surface area contributed by atoms with Gasteiger partial charge in [0.1, 0.15) is 5.69 Å². The maximum Gasteiger partial charge on any atom is 0.270 e. The predicted molar refractivity (Wildman–Crippen MR) is 112 cm³/mol. The summed E-state index contributed by atoms with van der Waals surface area (Å²) in [5.41, 5.74) is 4.77. The van der Waals surface area contributed by atoms with Crippen LogP contribution in [0.3, 0.4) is 0 Å². The first kappa shape index (κ1) is 20.0. The van der Waals surface area contributed by atoms with Crippen molar-refractivity contribution in [1.29, 1.82) is 0 Å². The normalized spacial score (nSPS) is 16.7. The number of carbonyl (C=O) groups excluding carboxylic acids is 2. The van der Waals surface area contributed by atoms with Gasteiger partial charge < -0.3 is 20.1 Å². The third-order valence-corrected chi connectivity index (χ3v) is 5.36. The van der Waals surface area contributed by atoms with Crippen LogP contribution in [0.15, 0.2) is 30.3 Å². The maximum absolute atomic E-state index is 12.8. The van der Waals surface area contributed by atoms with E-state index in [1.807, 2.05) is 63.2 Å². The zero-order chi connectivity index (χ0) is 20.3. The van der Waals surface area contributed by atoms with Gasteiger partial charge in [-0.15, -0.1) is 0 Å². The molecule has 2 N–H and O–H groups in total. The summed E-state index contributed by atoms with van der Waals surface area (Å²) in [6.07, 6.45) is 1.66. The minimum atomic E-state index is -0.157. The molecule has 28 heavy (non-hydrogen) atoms. The highest BCUT2D eigenvalue weighted by atomic mass is 16.2. The largest absolute Gasteiger partial charge is 0.378 e. The molecule has 1 fully saturated rings. The Kier molecular flexibility index (Phi) is 6.07. The van der Waals surface area contributed by atoms with Crippen LogP contribution in [-0.2, 0) is 11.3 Å². The molecule has 2 amide bonds. The van der Waals surface area contributed by atoms with Crippen molar-refractivity contribution in [3.8, 4) is 0 Å². The van der Waals surface area contributed by atoms with Crippen LogP contribution in [0.2, 0.25) is 0 Å². The molecule has 1 atom stereocenters. The lowest BCUT2D eigenvalue weighted by atomic mass is 9.96. The van der Waals surface area contributed by atoms with E-state index in [1.54, 1.807) is 4.90 Å². The van der Waals surface area contributed by atoms with Gasteiger partial charge >= 0.3 is 0 Å². The van der Waals surface area contributed by atoms with Crippen LogP contribution < -0.4 is 10.2 Å². The fourth-order valence-corrected chi connectivity index (χ4v) is 3.73. The molecule has 0 saturated carbocycles. The minimum Gasteiger partial charge on any atom is -0.378 e. The second-order valence-electron chi connectivity index (χ2n) is 7.88. The van der Waals surface area contributed by atoms with Gasteiger partial charge in [-0.1, -0.05) is 12.1 Å². The molecule has 3 rings (SSSR count). The lowest BCUT2D eigenvalue weighted by molar-refractivity contribution is -0.126. The summed E-state index contributed by atoms with van der Waals surface area (Å²) >= 11 is 0. The second-order valence-corrected chi connectivity index (χ2v) is 7.88. The Morgan fingerprint density at radius 3 is 2.54 bits per heavy atom. The number of rotatable bonds is 5. The van der Waals surface area contributed by atoms with E-state index in [1.165, 1.54) is 0 Å². The number of H-pyrrole nitrogens is 1. The van der Waals surface area contributed by atoms with Gasteiger partial charge in [-0.3, -0.25) is 9.59 Å². The quantitative estimate of drug-likeness (QED) is 0.836.